The summed E-state index contributed by atoms with van der Waals surface area (Å²) < 4.78 is 0. The monoisotopic (exact) mass is 262 g/mol. The summed E-state index contributed by atoms with van der Waals surface area (Å²) in [7, 11) is 0. The van der Waals surface area contributed by atoms with Gasteiger partial charge >= 0.3 is 0 Å². The molecule has 5 heteroatoms. The molecule has 104 valence electrons. The summed E-state index contributed by atoms with van der Waals surface area (Å²) in [6, 6.07) is 3.56. The van der Waals surface area contributed by atoms with Crippen LogP contribution in [-0.4, -0.2) is 42.0 Å². The molecule has 5 nitrogen and oxygen atoms in total. The molecule has 19 heavy (non-hydrogen) atoms. The van der Waals surface area contributed by atoms with Gasteiger partial charge in [-0.25, -0.2) is 0 Å². The van der Waals surface area contributed by atoms with E-state index < -0.39 is 5.91 Å². The summed E-state index contributed by atoms with van der Waals surface area (Å²) in [4.78, 5) is 17.5. The molecule has 0 saturated carbocycles. The highest BCUT2D eigenvalue weighted by Gasteiger charge is 2.08. The SMILES string of the molecule is NC(=O)c1cc(NCCN2CCCCCC2)ccn1. The number of nitrogens with one attached hydrogen (secondary N) is 1. The summed E-state index contributed by atoms with van der Waals surface area (Å²) in [6.07, 6.45) is 6.93. The lowest BCUT2D eigenvalue weighted by atomic mass is 10.2. The van der Waals surface area contributed by atoms with Crippen LogP contribution in [0.25, 0.3) is 0 Å². The largest absolute Gasteiger partial charge is 0.384 e. The fourth-order valence-corrected chi connectivity index (χ4v) is 2.39. The van der Waals surface area contributed by atoms with Crippen LogP contribution in [0.4, 0.5) is 5.69 Å². The number of aromatic nitrogens is 1. The van der Waals surface area contributed by atoms with Crippen LogP contribution in [0.15, 0.2) is 18.3 Å². The first-order valence-corrected chi connectivity index (χ1v) is 6.98. The highest BCUT2D eigenvalue weighted by molar-refractivity contribution is 5.91. The average Bonchev–Trinajstić information content (AvgIpc) is 2.68. The molecule has 1 saturated heterocycles. The van der Waals surface area contributed by atoms with Gasteiger partial charge in [0, 0.05) is 25.0 Å². The Balaban J connectivity index is 1.78. The molecule has 1 fully saturated rings. The Kier molecular flexibility index (Phi) is 5.15. The Bertz CT molecular complexity index is 414. The van der Waals surface area contributed by atoms with Crippen LogP contribution in [0, 0.1) is 0 Å². The Morgan fingerprint density at radius 3 is 2.74 bits per heavy atom. The highest BCUT2D eigenvalue weighted by atomic mass is 16.1. The maximum atomic E-state index is 11.0. The van der Waals surface area contributed by atoms with Crippen LogP contribution in [0.3, 0.4) is 0 Å². The molecule has 0 bridgehead atoms. The molecule has 1 aromatic rings. The van der Waals surface area contributed by atoms with Crippen molar-refractivity contribution in [1.29, 1.82) is 0 Å². The van der Waals surface area contributed by atoms with Gasteiger partial charge in [0.1, 0.15) is 5.69 Å². The van der Waals surface area contributed by atoms with Gasteiger partial charge in [-0.3, -0.25) is 9.78 Å². The normalized spacial score (nSPS) is 16.8. The first kappa shape index (κ1) is 13.8. The molecule has 1 aromatic heterocycles. The number of anilines is 1. The van der Waals surface area contributed by atoms with Gasteiger partial charge in [-0.2, -0.15) is 0 Å². The van der Waals surface area contributed by atoms with Gasteiger partial charge in [0.25, 0.3) is 5.91 Å². The van der Waals surface area contributed by atoms with E-state index in [1.807, 2.05) is 6.07 Å². The molecule has 0 aliphatic carbocycles. The van der Waals surface area contributed by atoms with Gasteiger partial charge in [-0.1, -0.05) is 12.8 Å². The number of nitrogens with two attached hydrogens (primary N) is 1. The number of rotatable bonds is 5. The van der Waals surface area contributed by atoms with Crippen LogP contribution >= 0.6 is 0 Å². The second-order valence-corrected chi connectivity index (χ2v) is 4.98. The van der Waals surface area contributed by atoms with Crippen molar-refractivity contribution in [3.63, 3.8) is 0 Å². The molecule has 1 aliphatic heterocycles. The van der Waals surface area contributed by atoms with Crippen molar-refractivity contribution in [3.05, 3.63) is 24.0 Å². The van der Waals surface area contributed by atoms with Crippen molar-refractivity contribution in [2.24, 2.45) is 5.73 Å². The molecule has 2 rings (SSSR count). The van der Waals surface area contributed by atoms with Gasteiger partial charge in [-0.05, 0) is 38.1 Å². The highest BCUT2D eigenvalue weighted by Crippen LogP contribution is 2.10. The Morgan fingerprint density at radius 1 is 1.32 bits per heavy atom. The number of hydrogen-bond donors (Lipinski definition) is 2. The molecular formula is C14H22N4O. The molecule has 0 spiro atoms. The average molecular weight is 262 g/mol. The predicted octanol–water partition coefficient (Wildman–Crippen LogP) is 1.47. The first-order valence-electron chi connectivity index (χ1n) is 6.98. The third-order valence-electron chi connectivity index (χ3n) is 3.47. The second-order valence-electron chi connectivity index (χ2n) is 4.98. The third-order valence-corrected chi connectivity index (χ3v) is 3.47. The second kappa shape index (κ2) is 7.09. The van der Waals surface area contributed by atoms with E-state index in [1.165, 1.54) is 38.8 Å². The third kappa shape index (κ3) is 4.52. The van der Waals surface area contributed by atoms with E-state index in [9.17, 15) is 4.79 Å². The molecule has 3 N–H and O–H groups in total. The Morgan fingerprint density at radius 2 is 2.05 bits per heavy atom. The van der Waals surface area contributed by atoms with E-state index in [2.05, 4.69) is 15.2 Å². The Hall–Kier alpha value is -1.62. The van der Waals surface area contributed by atoms with E-state index in [-0.39, 0.29) is 0 Å². The number of hydrogen-bond acceptors (Lipinski definition) is 4. The fourth-order valence-electron chi connectivity index (χ4n) is 2.39. The van der Waals surface area contributed by atoms with E-state index in [0.29, 0.717) is 5.69 Å². The number of carbonyl (C=O) groups excluding carboxylic acids is 1. The first-order chi connectivity index (χ1) is 9.25. The smallest absolute Gasteiger partial charge is 0.267 e. The maximum Gasteiger partial charge on any atom is 0.267 e. The van der Waals surface area contributed by atoms with Crippen LogP contribution in [0.1, 0.15) is 36.2 Å². The number of carbonyl (C=O) groups is 1. The number of amides is 1. The van der Waals surface area contributed by atoms with Crippen molar-refractivity contribution in [2.45, 2.75) is 25.7 Å². The van der Waals surface area contributed by atoms with Crippen LogP contribution in [0.5, 0.6) is 0 Å². The van der Waals surface area contributed by atoms with Gasteiger partial charge in [-0.15, -0.1) is 0 Å². The van der Waals surface area contributed by atoms with E-state index in [1.54, 1.807) is 12.3 Å². The number of nitrogens with zero attached hydrogens (tertiary/aromatic N) is 2. The standard InChI is InChI=1S/C14H22N4O/c15-14(19)13-11-12(5-6-17-13)16-7-10-18-8-3-1-2-4-9-18/h5-6,11H,1-4,7-10H2,(H2,15,19)(H,16,17). The summed E-state index contributed by atoms with van der Waals surface area (Å²) in [6.45, 7) is 4.31. The van der Waals surface area contributed by atoms with Gasteiger partial charge in [0.15, 0.2) is 0 Å². The minimum Gasteiger partial charge on any atom is -0.384 e. The number of primary amides is 1. The van der Waals surface area contributed by atoms with Crippen LogP contribution in [-0.2, 0) is 0 Å². The lowest BCUT2D eigenvalue weighted by molar-refractivity contribution is 0.0995. The van der Waals surface area contributed by atoms with E-state index in [0.717, 1.165) is 18.8 Å². The van der Waals surface area contributed by atoms with Crippen LogP contribution < -0.4 is 11.1 Å². The van der Waals surface area contributed by atoms with Crippen molar-refractivity contribution < 1.29 is 4.79 Å². The minimum atomic E-state index is -0.490. The quantitative estimate of drug-likeness (QED) is 0.843. The van der Waals surface area contributed by atoms with Gasteiger partial charge in [0.05, 0.1) is 0 Å². The lowest BCUT2D eigenvalue weighted by Gasteiger charge is -2.20. The van der Waals surface area contributed by atoms with Gasteiger partial charge in [0.2, 0.25) is 0 Å². The Labute approximate surface area is 114 Å². The van der Waals surface area contributed by atoms with E-state index >= 15 is 0 Å². The summed E-state index contributed by atoms with van der Waals surface area (Å²) in [5.74, 6) is -0.490. The molecule has 1 amide bonds. The van der Waals surface area contributed by atoms with Crippen molar-refractivity contribution >= 4 is 11.6 Å². The summed E-state index contributed by atoms with van der Waals surface area (Å²) in [5.41, 5.74) is 6.41. The van der Waals surface area contributed by atoms with Crippen molar-refractivity contribution in [3.8, 4) is 0 Å². The topological polar surface area (TPSA) is 71.2 Å². The van der Waals surface area contributed by atoms with Gasteiger partial charge < -0.3 is 16.0 Å². The molecule has 0 unspecified atom stereocenters. The molecule has 0 aromatic carbocycles. The van der Waals surface area contributed by atoms with E-state index in [4.69, 9.17) is 5.73 Å². The summed E-state index contributed by atoms with van der Waals surface area (Å²) >= 11 is 0. The predicted molar refractivity (Wildman–Crippen MR) is 76.2 cm³/mol. The van der Waals surface area contributed by atoms with Crippen LogP contribution in [0.2, 0.25) is 0 Å². The summed E-state index contributed by atoms with van der Waals surface area (Å²) in [5, 5.41) is 3.32. The number of pyridine rings is 1. The zero-order chi connectivity index (χ0) is 13.5. The lowest BCUT2D eigenvalue weighted by Crippen LogP contribution is -2.30. The maximum absolute atomic E-state index is 11.0. The molecule has 0 atom stereocenters. The molecule has 1 aliphatic rings. The number of likely N-dealkylation sites (tertiary alicyclic amines) is 1. The fraction of sp³-hybridized carbons (Fsp3) is 0.571. The molecule has 2 heterocycles. The van der Waals surface area contributed by atoms with Crippen molar-refractivity contribution in [1.82, 2.24) is 9.88 Å². The molecule has 0 radical (unpaired) electrons. The molecular weight excluding hydrogens is 240 g/mol. The van der Waals surface area contributed by atoms with Crippen molar-refractivity contribution in [2.75, 3.05) is 31.5 Å². The minimum absolute atomic E-state index is 0.305. The zero-order valence-corrected chi connectivity index (χ0v) is 11.3. The zero-order valence-electron chi connectivity index (χ0n) is 11.3.